The topological polar surface area (TPSA) is 80.9 Å². The van der Waals surface area contributed by atoms with Crippen LogP contribution in [0.15, 0.2) is 41.8 Å². The molecule has 0 saturated heterocycles. The van der Waals surface area contributed by atoms with E-state index in [4.69, 9.17) is 5.73 Å². The van der Waals surface area contributed by atoms with Crippen LogP contribution >= 0.6 is 11.8 Å². The van der Waals surface area contributed by atoms with Crippen molar-refractivity contribution in [1.82, 2.24) is 9.97 Å². The zero-order valence-corrected chi connectivity index (χ0v) is 11.3. The second-order valence-corrected chi connectivity index (χ2v) is 4.88. The molecule has 98 valence electrons. The Morgan fingerprint density at radius 3 is 2.79 bits per heavy atom. The number of nitrogens with zero attached hydrogens (tertiary/aromatic N) is 2. The Labute approximate surface area is 115 Å². The maximum absolute atomic E-state index is 11.8. The number of rotatable bonds is 4. The number of anilines is 2. The van der Waals surface area contributed by atoms with E-state index in [-0.39, 0.29) is 11.7 Å². The smallest absolute Gasteiger partial charge is 0.234 e. The Morgan fingerprint density at radius 2 is 2.11 bits per heavy atom. The van der Waals surface area contributed by atoms with E-state index in [0.29, 0.717) is 16.5 Å². The zero-order valence-electron chi connectivity index (χ0n) is 10.5. The van der Waals surface area contributed by atoms with Gasteiger partial charge in [-0.05, 0) is 30.7 Å². The lowest BCUT2D eigenvalue weighted by Crippen LogP contribution is -2.14. The summed E-state index contributed by atoms with van der Waals surface area (Å²) in [6.07, 6.45) is 3.29. The van der Waals surface area contributed by atoms with E-state index in [1.165, 1.54) is 11.8 Å². The summed E-state index contributed by atoms with van der Waals surface area (Å²) in [5.74, 6) is 0.151. The molecule has 0 saturated carbocycles. The summed E-state index contributed by atoms with van der Waals surface area (Å²) in [5, 5.41) is 3.37. The maximum atomic E-state index is 11.8. The minimum atomic E-state index is -0.110. The van der Waals surface area contributed by atoms with Gasteiger partial charge in [0, 0.05) is 23.8 Å². The number of carbonyl (C=O) groups is 1. The van der Waals surface area contributed by atoms with Gasteiger partial charge in [0.15, 0.2) is 5.16 Å². The number of nitrogens with one attached hydrogen (secondary N) is 1. The highest BCUT2D eigenvalue weighted by atomic mass is 32.2. The molecule has 0 spiro atoms. The molecule has 1 aromatic heterocycles. The van der Waals surface area contributed by atoms with E-state index in [0.717, 1.165) is 5.56 Å². The third kappa shape index (κ3) is 3.96. The summed E-state index contributed by atoms with van der Waals surface area (Å²) in [7, 11) is 0. The van der Waals surface area contributed by atoms with Gasteiger partial charge in [0.2, 0.25) is 5.91 Å². The Hall–Kier alpha value is -2.08. The summed E-state index contributed by atoms with van der Waals surface area (Å²) in [4.78, 5) is 19.8. The Bertz CT molecular complexity index is 574. The average Bonchev–Trinajstić information content (AvgIpc) is 2.42. The molecule has 0 unspecified atom stereocenters. The zero-order chi connectivity index (χ0) is 13.7. The number of benzene rings is 1. The van der Waals surface area contributed by atoms with Crippen molar-refractivity contribution in [2.75, 3.05) is 16.8 Å². The molecule has 0 bridgehead atoms. The Balaban J connectivity index is 1.89. The van der Waals surface area contributed by atoms with Crippen molar-refractivity contribution in [3.05, 3.63) is 42.2 Å². The molecule has 1 amide bonds. The first kappa shape index (κ1) is 13.4. The monoisotopic (exact) mass is 274 g/mol. The predicted octanol–water partition coefficient (Wildman–Crippen LogP) is 2.10. The van der Waals surface area contributed by atoms with Crippen molar-refractivity contribution in [2.45, 2.75) is 12.1 Å². The highest BCUT2D eigenvalue weighted by molar-refractivity contribution is 7.99. The summed E-state index contributed by atoms with van der Waals surface area (Å²) in [5.41, 5.74) is 8.14. The normalized spacial score (nSPS) is 10.2. The SMILES string of the molecule is Cc1ccc(NC(=O)CSc2ncccn2)cc1N. The minimum Gasteiger partial charge on any atom is -0.398 e. The van der Waals surface area contributed by atoms with Crippen LogP contribution in [0.1, 0.15) is 5.56 Å². The average molecular weight is 274 g/mol. The summed E-state index contributed by atoms with van der Waals surface area (Å²) >= 11 is 1.29. The van der Waals surface area contributed by atoms with Crippen LogP contribution in [0.3, 0.4) is 0 Å². The van der Waals surface area contributed by atoms with E-state index in [1.807, 2.05) is 19.1 Å². The van der Waals surface area contributed by atoms with E-state index < -0.39 is 0 Å². The van der Waals surface area contributed by atoms with Crippen molar-refractivity contribution >= 4 is 29.0 Å². The number of nitrogens with two attached hydrogens (primary N) is 1. The number of aryl methyl sites for hydroxylation is 1. The van der Waals surface area contributed by atoms with Gasteiger partial charge in [-0.15, -0.1) is 0 Å². The second-order valence-electron chi connectivity index (χ2n) is 3.94. The largest absolute Gasteiger partial charge is 0.398 e. The van der Waals surface area contributed by atoms with Gasteiger partial charge in [0.1, 0.15) is 0 Å². The fraction of sp³-hybridized carbons (Fsp3) is 0.154. The minimum absolute atomic E-state index is 0.110. The first-order valence-corrected chi connectivity index (χ1v) is 6.69. The van der Waals surface area contributed by atoms with Gasteiger partial charge in [-0.25, -0.2) is 9.97 Å². The van der Waals surface area contributed by atoms with Crippen molar-refractivity contribution < 1.29 is 4.79 Å². The number of amides is 1. The number of thioether (sulfide) groups is 1. The van der Waals surface area contributed by atoms with Crippen molar-refractivity contribution in [3.8, 4) is 0 Å². The lowest BCUT2D eigenvalue weighted by molar-refractivity contribution is -0.113. The van der Waals surface area contributed by atoms with E-state index in [1.54, 1.807) is 24.5 Å². The van der Waals surface area contributed by atoms with Crippen molar-refractivity contribution in [2.24, 2.45) is 0 Å². The lowest BCUT2D eigenvalue weighted by atomic mass is 10.2. The predicted molar refractivity (Wildman–Crippen MR) is 77.0 cm³/mol. The molecule has 0 fully saturated rings. The number of carbonyl (C=O) groups excluding carboxylic acids is 1. The second kappa shape index (κ2) is 6.19. The molecule has 0 radical (unpaired) electrons. The first-order valence-electron chi connectivity index (χ1n) is 5.71. The number of aromatic nitrogens is 2. The van der Waals surface area contributed by atoms with Crippen LogP contribution in [0.5, 0.6) is 0 Å². The molecule has 5 nitrogen and oxygen atoms in total. The van der Waals surface area contributed by atoms with Gasteiger partial charge in [0.05, 0.1) is 5.75 Å². The van der Waals surface area contributed by atoms with E-state index in [9.17, 15) is 4.79 Å². The Morgan fingerprint density at radius 1 is 1.37 bits per heavy atom. The van der Waals surface area contributed by atoms with Crippen LogP contribution in [-0.4, -0.2) is 21.6 Å². The molecule has 1 aromatic carbocycles. The molecule has 0 aliphatic rings. The van der Waals surface area contributed by atoms with E-state index in [2.05, 4.69) is 15.3 Å². The maximum Gasteiger partial charge on any atom is 0.234 e. The van der Waals surface area contributed by atoms with Crippen LogP contribution < -0.4 is 11.1 Å². The molecule has 0 aliphatic carbocycles. The first-order chi connectivity index (χ1) is 9.15. The van der Waals surface area contributed by atoms with Crippen molar-refractivity contribution in [1.29, 1.82) is 0 Å². The summed E-state index contributed by atoms with van der Waals surface area (Å²) < 4.78 is 0. The molecule has 2 aromatic rings. The molecule has 0 atom stereocenters. The third-order valence-corrected chi connectivity index (χ3v) is 3.31. The highest BCUT2D eigenvalue weighted by Crippen LogP contribution is 2.17. The summed E-state index contributed by atoms with van der Waals surface area (Å²) in [6, 6.07) is 7.18. The fourth-order valence-electron chi connectivity index (χ4n) is 1.41. The molecule has 0 aliphatic heterocycles. The van der Waals surface area contributed by atoms with Gasteiger partial charge in [-0.1, -0.05) is 17.8 Å². The quantitative estimate of drug-likeness (QED) is 0.507. The van der Waals surface area contributed by atoms with Crippen LogP contribution in [-0.2, 0) is 4.79 Å². The molecule has 2 rings (SSSR count). The van der Waals surface area contributed by atoms with Gasteiger partial charge < -0.3 is 11.1 Å². The molecular formula is C13H14N4OS. The van der Waals surface area contributed by atoms with Crippen molar-refractivity contribution in [3.63, 3.8) is 0 Å². The van der Waals surface area contributed by atoms with E-state index >= 15 is 0 Å². The lowest BCUT2D eigenvalue weighted by Gasteiger charge is -2.07. The molecular weight excluding hydrogens is 260 g/mol. The molecule has 3 N–H and O–H groups in total. The third-order valence-electron chi connectivity index (χ3n) is 2.44. The van der Waals surface area contributed by atoms with Gasteiger partial charge in [-0.3, -0.25) is 4.79 Å². The highest BCUT2D eigenvalue weighted by Gasteiger charge is 2.05. The standard InChI is InChI=1S/C13H14N4OS/c1-9-3-4-10(7-11(9)14)17-12(18)8-19-13-15-5-2-6-16-13/h2-7H,8,14H2,1H3,(H,17,18). The summed E-state index contributed by atoms with van der Waals surface area (Å²) in [6.45, 7) is 1.92. The fourth-order valence-corrected chi connectivity index (χ4v) is 2.01. The van der Waals surface area contributed by atoms with Gasteiger partial charge >= 0.3 is 0 Å². The van der Waals surface area contributed by atoms with Crippen LogP contribution in [0.4, 0.5) is 11.4 Å². The Kier molecular flexibility index (Phi) is 4.35. The van der Waals surface area contributed by atoms with Crippen LogP contribution in [0.2, 0.25) is 0 Å². The number of hydrogen-bond acceptors (Lipinski definition) is 5. The molecule has 1 heterocycles. The molecule has 19 heavy (non-hydrogen) atoms. The van der Waals surface area contributed by atoms with Gasteiger partial charge in [0.25, 0.3) is 0 Å². The molecule has 6 heteroatoms. The van der Waals surface area contributed by atoms with Gasteiger partial charge in [-0.2, -0.15) is 0 Å². The number of hydrogen-bond donors (Lipinski definition) is 2. The number of nitrogen functional groups attached to an aromatic ring is 1. The van der Waals surface area contributed by atoms with Crippen LogP contribution in [0.25, 0.3) is 0 Å². The van der Waals surface area contributed by atoms with Crippen LogP contribution in [0, 0.1) is 6.92 Å².